The SMILES string of the molecule is COC(=O)CCC(Oc1ccccc1)c1ccccc1. The number of carbonyl (C=O) groups excluding carboxylic acids is 1. The lowest BCUT2D eigenvalue weighted by Crippen LogP contribution is -2.11. The minimum atomic E-state index is -0.220. The average Bonchev–Trinajstić information content (AvgIpc) is 2.53. The third-order valence-corrected chi connectivity index (χ3v) is 3.03. The molecule has 0 heterocycles. The predicted molar refractivity (Wildman–Crippen MR) is 77.5 cm³/mol. The van der Waals surface area contributed by atoms with Crippen molar-refractivity contribution in [3.8, 4) is 5.75 Å². The summed E-state index contributed by atoms with van der Waals surface area (Å²) in [5.74, 6) is 0.578. The van der Waals surface area contributed by atoms with Crippen LogP contribution in [0.1, 0.15) is 24.5 Å². The highest BCUT2D eigenvalue weighted by Gasteiger charge is 2.15. The van der Waals surface area contributed by atoms with Crippen LogP contribution in [0.3, 0.4) is 0 Å². The molecular weight excluding hydrogens is 252 g/mol. The zero-order valence-electron chi connectivity index (χ0n) is 11.5. The van der Waals surface area contributed by atoms with Gasteiger partial charge in [0.2, 0.25) is 0 Å². The molecule has 0 fully saturated rings. The first-order valence-electron chi connectivity index (χ1n) is 6.63. The van der Waals surface area contributed by atoms with E-state index in [4.69, 9.17) is 9.47 Å². The summed E-state index contributed by atoms with van der Waals surface area (Å²) >= 11 is 0. The Labute approximate surface area is 119 Å². The molecule has 1 atom stereocenters. The Morgan fingerprint density at radius 1 is 1.00 bits per heavy atom. The van der Waals surface area contributed by atoms with E-state index in [0.29, 0.717) is 12.8 Å². The number of rotatable bonds is 6. The molecule has 0 aliphatic carbocycles. The zero-order chi connectivity index (χ0) is 14.2. The van der Waals surface area contributed by atoms with Crippen LogP contribution in [0.25, 0.3) is 0 Å². The van der Waals surface area contributed by atoms with E-state index < -0.39 is 0 Å². The van der Waals surface area contributed by atoms with Crippen molar-refractivity contribution >= 4 is 5.97 Å². The highest BCUT2D eigenvalue weighted by atomic mass is 16.5. The van der Waals surface area contributed by atoms with E-state index in [1.165, 1.54) is 7.11 Å². The molecule has 2 aromatic carbocycles. The minimum absolute atomic E-state index is 0.155. The highest BCUT2D eigenvalue weighted by Crippen LogP contribution is 2.25. The second-order valence-corrected chi connectivity index (χ2v) is 4.45. The van der Waals surface area contributed by atoms with Crippen LogP contribution in [0.5, 0.6) is 5.75 Å². The Morgan fingerprint density at radius 3 is 2.20 bits per heavy atom. The monoisotopic (exact) mass is 270 g/mol. The highest BCUT2D eigenvalue weighted by molar-refractivity contribution is 5.69. The van der Waals surface area contributed by atoms with Crippen LogP contribution in [0.4, 0.5) is 0 Å². The maximum atomic E-state index is 11.3. The average molecular weight is 270 g/mol. The third-order valence-electron chi connectivity index (χ3n) is 3.03. The van der Waals surface area contributed by atoms with Gasteiger partial charge >= 0.3 is 5.97 Å². The molecule has 0 aliphatic heterocycles. The smallest absolute Gasteiger partial charge is 0.305 e. The van der Waals surface area contributed by atoms with Crippen molar-refractivity contribution in [2.45, 2.75) is 18.9 Å². The summed E-state index contributed by atoms with van der Waals surface area (Å²) in [5.41, 5.74) is 1.06. The molecule has 1 unspecified atom stereocenters. The molecular formula is C17H18O3. The van der Waals surface area contributed by atoms with Crippen molar-refractivity contribution in [3.63, 3.8) is 0 Å². The van der Waals surface area contributed by atoms with Crippen LogP contribution in [0.2, 0.25) is 0 Å². The summed E-state index contributed by atoms with van der Waals surface area (Å²) in [4.78, 5) is 11.3. The third kappa shape index (κ3) is 4.12. The molecule has 0 saturated heterocycles. The normalized spacial score (nSPS) is 11.7. The molecule has 0 spiro atoms. The van der Waals surface area contributed by atoms with E-state index in [1.54, 1.807) is 0 Å². The lowest BCUT2D eigenvalue weighted by atomic mass is 10.0. The fourth-order valence-electron chi connectivity index (χ4n) is 1.98. The second kappa shape index (κ2) is 7.34. The number of carbonyl (C=O) groups is 1. The van der Waals surface area contributed by atoms with E-state index in [1.807, 2.05) is 60.7 Å². The van der Waals surface area contributed by atoms with Crippen LogP contribution in [-0.2, 0) is 9.53 Å². The van der Waals surface area contributed by atoms with Crippen LogP contribution in [-0.4, -0.2) is 13.1 Å². The van der Waals surface area contributed by atoms with Gasteiger partial charge in [-0.15, -0.1) is 0 Å². The van der Waals surface area contributed by atoms with Gasteiger partial charge in [0, 0.05) is 6.42 Å². The molecule has 3 nitrogen and oxygen atoms in total. The number of hydrogen-bond acceptors (Lipinski definition) is 3. The largest absolute Gasteiger partial charge is 0.486 e. The molecule has 0 aromatic heterocycles. The standard InChI is InChI=1S/C17H18O3/c1-19-17(18)13-12-16(14-8-4-2-5-9-14)20-15-10-6-3-7-11-15/h2-11,16H,12-13H2,1H3. The number of methoxy groups -OCH3 is 1. The molecule has 2 rings (SSSR count). The van der Waals surface area contributed by atoms with Crippen molar-refractivity contribution in [3.05, 3.63) is 66.2 Å². The van der Waals surface area contributed by atoms with Gasteiger partial charge in [0.25, 0.3) is 0 Å². The quantitative estimate of drug-likeness (QED) is 0.750. The van der Waals surface area contributed by atoms with Crippen molar-refractivity contribution in [1.29, 1.82) is 0 Å². The van der Waals surface area contributed by atoms with Gasteiger partial charge in [-0.05, 0) is 24.1 Å². The topological polar surface area (TPSA) is 35.5 Å². The van der Waals surface area contributed by atoms with Crippen LogP contribution < -0.4 is 4.74 Å². The fourth-order valence-corrected chi connectivity index (χ4v) is 1.98. The molecule has 20 heavy (non-hydrogen) atoms. The van der Waals surface area contributed by atoms with Crippen LogP contribution in [0.15, 0.2) is 60.7 Å². The van der Waals surface area contributed by atoms with E-state index in [9.17, 15) is 4.79 Å². The van der Waals surface area contributed by atoms with Crippen LogP contribution >= 0.6 is 0 Å². The number of para-hydroxylation sites is 1. The van der Waals surface area contributed by atoms with Gasteiger partial charge in [-0.1, -0.05) is 48.5 Å². The van der Waals surface area contributed by atoms with Crippen molar-refractivity contribution < 1.29 is 14.3 Å². The van der Waals surface area contributed by atoms with Gasteiger partial charge in [0.05, 0.1) is 7.11 Å². The molecule has 0 amide bonds. The van der Waals surface area contributed by atoms with Crippen LogP contribution in [0, 0.1) is 0 Å². The van der Waals surface area contributed by atoms with E-state index in [0.717, 1.165) is 11.3 Å². The first-order valence-corrected chi connectivity index (χ1v) is 6.63. The van der Waals surface area contributed by atoms with Gasteiger partial charge in [0.15, 0.2) is 0 Å². The van der Waals surface area contributed by atoms with Crippen molar-refractivity contribution in [1.82, 2.24) is 0 Å². The fraction of sp³-hybridized carbons (Fsp3) is 0.235. The predicted octanol–water partition coefficient (Wildman–Crippen LogP) is 3.76. The van der Waals surface area contributed by atoms with E-state index in [-0.39, 0.29) is 12.1 Å². The molecule has 0 radical (unpaired) electrons. The maximum absolute atomic E-state index is 11.3. The first-order chi connectivity index (χ1) is 9.79. The number of esters is 1. The summed E-state index contributed by atoms with van der Waals surface area (Å²) in [6.45, 7) is 0. The molecule has 0 aliphatic rings. The van der Waals surface area contributed by atoms with E-state index in [2.05, 4.69) is 0 Å². The first kappa shape index (κ1) is 14.1. The van der Waals surface area contributed by atoms with Gasteiger partial charge in [-0.3, -0.25) is 4.79 Å². The lowest BCUT2D eigenvalue weighted by molar-refractivity contribution is -0.141. The Kier molecular flexibility index (Phi) is 5.18. The molecule has 0 saturated carbocycles. The maximum Gasteiger partial charge on any atom is 0.305 e. The summed E-state index contributed by atoms with van der Waals surface area (Å²) in [5, 5.41) is 0. The van der Waals surface area contributed by atoms with Gasteiger partial charge in [-0.2, -0.15) is 0 Å². The van der Waals surface area contributed by atoms with Gasteiger partial charge in [0.1, 0.15) is 11.9 Å². The van der Waals surface area contributed by atoms with Gasteiger partial charge in [-0.25, -0.2) is 0 Å². The number of benzene rings is 2. The zero-order valence-corrected chi connectivity index (χ0v) is 11.5. The van der Waals surface area contributed by atoms with Gasteiger partial charge < -0.3 is 9.47 Å². The summed E-state index contributed by atoms with van der Waals surface area (Å²) in [7, 11) is 1.40. The number of ether oxygens (including phenoxy) is 2. The van der Waals surface area contributed by atoms with Crippen molar-refractivity contribution in [2.24, 2.45) is 0 Å². The summed E-state index contributed by atoms with van der Waals surface area (Å²) < 4.78 is 10.7. The molecule has 0 N–H and O–H groups in total. The van der Waals surface area contributed by atoms with E-state index >= 15 is 0 Å². The summed E-state index contributed by atoms with van der Waals surface area (Å²) in [6.07, 6.45) is 0.770. The number of hydrogen-bond donors (Lipinski definition) is 0. The summed E-state index contributed by atoms with van der Waals surface area (Å²) in [6, 6.07) is 19.5. The van der Waals surface area contributed by atoms with Crippen molar-refractivity contribution in [2.75, 3.05) is 7.11 Å². The Balaban J connectivity index is 2.10. The molecule has 0 bridgehead atoms. The lowest BCUT2D eigenvalue weighted by Gasteiger charge is -2.19. The Bertz CT molecular complexity index is 522. The molecule has 104 valence electrons. The molecule has 2 aromatic rings. The Morgan fingerprint density at radius 2 is 1.60 bits per heavy atom. The Hall–Kier alpha value is -2.29. The minimum Gasteiger partial charge on any atom is -0.486 e. The molecule has 3 heteroatoms. The second-order valence-electron chi connectivity index (χ2n) is 4.45.